The number of nitrogens with zero attached hydrogens (tertiary/aromatic N) is 1. The maximum absolute atomic E-state index is 13.6. The fourth-order valence-electron chi connectivity index (χ4n) is 2.72. The zero-order valence-electron chi connectivity index (χ0n) is 12.8. The van der Waals surface area contributed by atoms with E-state index in [1.54, 1.807) is 11.3 Å². The van der Waals surface area contributed by atoms with Gasteiger partial charge in [-0.1, -0.05) is 6.07 Å². The van der Waals surface area contributed by atoms with Crippen LogP contribution in [0.4, 0.5) is 8.78 Å². The molecule has 24 heavy (non-hydrogen) atoms. The van der Waals surface area contributed by atoms with E-state index in [1.165, 1.54) is 18.2 Å². The zero-order chi connectivity index (χ0) is 16.2. The summed E-state index contributed by atoms with van der Waals surface area (Å²) in [6.07, 6.45) is 4.91. The number of benzene rings is 1. The molecule has 2 heterocycles. The topological polar surface area (TPSA) is 46.6 Å². The maximum Gasteiger partial charge on any atom is 0.191 e. The number of piperidine rings is 1. The van der Waals surface area contributed by atoms with Gasteiger partial charge in [0, 0.05) is 24.1 Å². The SMILES string of the molecule is O=C(/C=C/c1csc(C2CC[NH2+]CC2)n1)c1c(F)cccc1F.[Cl-]. The highest BCUT2D eigenvalue weighted by Gasteiger charge is 2.20. The van der Waals surface area contributed by atoms with Crippen molar-refractivity contribution in [2.24, 2.45) is 0 Å². The number of thiazole rings is 1. The summed E-state index contributed by atoms with van der Waals surface area (Å²) >= 11 is 1.57. The van der Waals surface area contributed by atoms with Crippen LogP contribution in [0.15, 0.2) is 29.7 Å². The number of hydrogen-bond donors (Lipinski definition) is 1. The summed E-state index contributed by atoms with van der Waals surface area (Å²) in [6, 6.07) is 3.38. The molecule has 1 aromatic heterocycles. The largest absolute Gasteiger partial charge is 1.00 e. The predicted molar refractivity (Wildman–Crippen MR) is 85.5 cm³/mol. The third kappa shape index (κ3) is 4.26. The minimum absolute atomic E-state index is 0. The van der Waals surface area contributed by atoms with Gasteiger partial charge in [-0.05, 0) is 24.3 Å². The first-order valence-electron chi connectivity index (χ1n) is 7.58. The van der Waals surface area contributed by atoms with Crippen LogP contribution in [0.25, 0.3) is 6.08 Å². The quantitative estimate of drug-likeness (QED) is 0.596. The van der Waals surface area contributed by atoms with Crippen molar-refractivity contribution in [2.75, 3.05) is 13.1 Å². The molecular formula is C17H17ClF2N2OS. The standard InChI is InChI=1S/C17H16F2N2OS.ClH/c18-13-2-1-3-14(19)16(13)15(22)5-4-12-10-23-17(21-12)11-6-8-20-9-7-11;/h1-5,10-11,20H,6-9H2;1H/b5-4+;. The minimum Gasteiger partial charge on any atom is -1.00 e. The van der Waals surface area contributed by atoms with Crippen molar-refractivity contribution >= 4 is 23.2 Å². The smallest absolute Gasteiger partial charge is 0.191 e. The molecular weight excluding hydrogens is 354 g/mol. The molecule has 0 aliphatic carbocycles. The van der Waals surface area contributed by atoms with Crippen LogP contribution in [-0.2, 0) is 0 Å². The van der Waals surface area contributed by atoms with Crippen LogP contribution in [-0.4, -0.2) is 23.9 Å². The van der Waals surface area contributed by atoms with Crippen LogP contribution >= 0.6 is 11.3 Å². The van der Waals surface area contributed by atoms with Crippen molar-refractivity contribution in [3.05, 3.63) is 57.6 Å². The Morgan fingerprint density at radius 1 is 1.25 bits per heavy atom. The Morgan fingerprint density at radius 3 is 2.58 bits per heavy atom. The minimum atomic E-state index is -0.850. The molecule has 1 saturated heterocycles. The number of quaternary nitrogens is 1. The van der Waals surface area contributed by atoms with E-state index in [1.807, 2.05) is 5.38 Å². The van der Waals surface area contributed by atoms with E-state index in [0.717, 1.165) is 43.1 Å². The van der Waals surface area contributed by atoms with E-state index >= 15 is 0 Å². The summed E-state index contributed by atoms with van der Waals surface area (Å²) in [6.45, 7) is 2.22. The molecule has 1 aliphatic heterocycles. The molecule has 1 fully saturated rings. The first-order valence-corrected chi connectivity index (χ1v) is 8.46. The second-order valence-electron chi connectivity index (χ2n) is 5.55. The Hall–Kier alpha value is -1.63. The first kappa shape index (κ1) is 18.7. The molecule has 0 unspecified atom stereocenters. The van der Waals surface area contributed by atoms with Crippen molar-refractivity contribution in [1.82, 2.24) is 4.98 Å². The lowest BCUT2D eigenvalue weighted by molar-refractivity contribution is -0.663. The highest BCUT2D eigenvalue weighted by Crippen LogP contribution is 2.27. The summed E-state index contributed by atoms with van der Waals surface area (Å²) < 4.78 is 27.1. The van der Waals surface area contributed by atoms with Gasteiger partial charge in [0.2, 0.25) is 0 Å². The molecule has 128 valence electrons. The summed E-state index contributed by atoms with van der Waals surface area (Å²) in [5.41, 5.74) is 0.131. The maximum atomic E-state index is 13.6. The van der Waals surface area contributed by atoms with Crippen LogP contribution in [0, 0.1) is 11.6 Å². The van der Waals surface area contributed by atoms with Crippen LogP contribution in [0.2, 0.25) is 0 Å². The zero-order valence-corrected chi connectivity index (χ0v) is 14.4. The second kappa shape index (κ2) is 8.46. The number of ketones is 1. The van der Waals surface area contributed by atoms with E-state index in [9.17, 15) is 13.6 Å². The second-order valence-corrected chi connectivity index (χ2v) is 6.43. The van der Waals surface area contributed by atoms with Crippen LogP contribution in [0.1, 0.15) is 39.8 Å². The number of nitrogens with two attached hydrogens (primary N) is 1. The van der Waals surface area contributed by atoms with Crippen molar-refractivity contribution in [3.8, 4) is 0 Å². The monoisotopic (exact) mass is 370 g/mol. The highest BCUT2D eigenvalue weighted by molar-refractivity contribution is 7.09. The number of aromatic nitrogens is 1. The van der Waals surface area contributed by atoms with E-state index in [2.05, 4.69) is 10.3 Å². The number of carbonyl (C=O) groups excluding carboxylic acids is 1. The normalized spacial score (nSPS) is 15.4. The van der Waals surface area contributed by atoms with Crippen LogP contribution < -0.4 is 17.7 Å². The van der Waals surface area contributed by atoms with Gasteiger partial charge < -0.3 is 17.7 Å². The van der Waals surface area contributed by atoms with Gasteiger partial charge in [-0.3, -0.25) is 4.79 Å². The molecule has 7 heteroatoms. The Bertz CT molecular complexity index is 722. The van der Waals surface area contributed by atoms with Gasteiger partial charge in [0.15, 0.2) is 5.78 Å². The lowest BCUT2D eigenvalue weighted by Crippen LogP contribution is -3.00. The average molecular weight is 371 g/mol. The van der Waals surface area contributed by atoms with Crippen molar-refractivity contribution in [1.29, 1.82) is 0 Å². The summed E-state index contributed by atoms with van der Waals surface area (Å²) in [5, 5.41) is 5.24. The number of allylic oxidation sites excluding steroid dienone is 1. The molecule has 0 atom stereocenters. The number of carbonyl (C=O) groups is 1. The lowest BCUT2D eigenvalue weighted by atomic mass is 9.99. The molecule has 0 spiro atoms. The average Bonchev–Trinajstić information content (AvgIpc) is 3.02. The summed E-state index contributed by atoms with van der Waals surface area (Å²) in [5.74, 6) is -1.91. The molecule has 1 aromatic carbocycles. The molecule has 0 saturated carbocycles. The van der Waals surface area contributed by atoms with Crippen molar-refractivity contribution in [2.45, 2.75) is 18.8 Å². The van der Waals surface area contributed by atoms with Gasteiger partial charge in [0.05, 0.1) is 29.4 Å². The van der Waals surface area contributed by atoms with Crippen molar-refractivity contribution in [3.63, 3.8) is 0 Å². The third-order valence-electron chi connectivity index (χ3n) is 3.94. The number of hydrogen-bond acceptors (Lipinski definition) is 3. The van der Waals surface area contributed by atoms with Gasteiger partial charge in [0.25, 0.3) is 0 Å². The van der Waals surface area contributed by atoms with Gasteiger partial charge in [-0.2, -0.15) is 0 Å². The molecule has 2 aromatic rings. The third-order valence-corrected chi connectivity index (χ3v) is 4.97. The Balaban J connectivity index is 0.00000208. The van der Waals surface area contributed by atoms with Crippen LogP contribution in [0.3, 0.4) is 0 Å². The molecule has 0 amide bonds. The van der Waals surface area contributed by atoms with Crippen LogP contribution in [0.5, 0.6) is 0 Å². The molecule has 3 rings (SSSR count). The van der Waals surface area contributed by atoms with Gasteiger partial charge in [-0.15, -0.1) is 11.3 Å². The number of rotatable bonds is 4. The first-order chi connectivity index (χ1) is 11.1. The Labute approximate surface area is 149 Å². The highest BCUT2D eigenvalue weighted by atomic mass is 35.5. The Morgan fingerprint density at radius 2 is 1.92 bits per heavy atom. The predicted octanol–water partition coefficient (Wildman–Crippen LogP) is -0.238. The molecule has 1 aliphatic rings. The summed E-state index contributed by atoms with van der Waals surface area (Å²) in [4.78, 5) is 16.5. The van der Waals surface area contributed by atoms with Gasteiger partial charge in [0.1, 0.15) is 11.6 Å². The van der Waals surface area contributed by atoms with Gasteiger partial charge in [-0.25, -0.2) is 13.8 Å². The number of halogens is 3. The van der Waals surface area contributed by atoms with E-state index in [-0.39, 0.29) is 12.4 Å². The molecule has 3 nitrogen and oxygen atoms in total. The molecule has 0 radical (unpaired) electrons. The van der Waals surface area contributed by atoms with E-state index in [4.69, 9.17) is 0 Å². The van der Waals surface area contributed by atoms with Crippen molar-refractivity contribution < 1.29 is 31.3 Å². The van der Waals surface area contributed by atoms with E-state index < -0.39 is 23.0 Å². The fourth-order valence-corrected chi connectivity index (χ4v) is 3.68. The summed E-state index contributed by atoms with van der Waals surface area (Å²) in [7, 11) is 0. The fraction of sp³-hybridized carbons (Fsp3) is 0.294. The molecule has 2 N–H and O–H groups in total. The Kier molecular flexibility index (Phi) is 6.60. The van der Waals surface area contributed by atoms with E-state index in [0.29, 0.717) is 11.6 Å². The lowest BCUT2D eigenvalue weighted by Gasteiger charge is -2.17. The molecule has 0 bridgehead atoms. The van der Waals surface area contributed by atoms with Gasteiger partial charge >= 0.3 is 0 Å².